The number of alkyl halides is 12. The van der Waals surface area contributed by atoms with Crippen molar-refractivity contribution < 1.29 is 81.7 Å². The number of aromatic hydroxyl groups is 1. The average Bonchev–Trinajstić information content (AvgIpc) is 3.55. The number of carbonyl (C=O) groups excluding carboxylic acids is 4. The fourth-order valence-electron chi connectivity index (χ4n) is 9.06. The predicted octanol–water partition coefficient (Wildman–Crippen LogP) is 8.86. The van der Waals surface area contributed by atoms with E-state index in [9.17, 15) is 77.0 Å². The van der Waals surface area contributed by atoms with E-state index in [1.165, 1.54) is 30.5 Å². The highest BCUT2D eigenvalue weighted by Crippen LogP contribution is 2.58. The Morgan fingerprint density at radius 3 is 1.54 bits per heavy atom. The molecule has 1 saturated carbocycles. The molecule has 0 bridgehead atoms. The zero-order chi connectivity index (χ0) is 42.9. The second-order valence-electron chi connectivity index (χ2n) is 14.9. The lowest BCUT2D eigenvalue weighted by Crippen LogP contribution is -2.45. The maximum Gasteiger partial charge on any atom is 0.416 e. The zero-order valence-corrected chi connectivity index (χ0v) is 29.4. The SMILES string of the molecule is O=C1C2CC=C3C(CC4C(=O)N(c5cc(C(F)(F)F)cc(C(F)(F)F)c5)C(=O)C4C3C3=COc4ccc(O)cc4C3)C2C(=O)N1c1cc(C(F)(F)F)cc(C(F)(F)F)c1. The van der Waals surface area contributed by atoms with Crippen molar-refractivity contribution >= 4 is 35.0 Å². The number of ether oxygens (including phenoxy) is 1. The second kappa shape index (κ2) is 13.1. The maximum atomic E-state index is 14.4. The monoisotopic (exact) mass is 844 g/mol. The van der Waals surface area contributed by atoms with E-state index in [1.54, 1.807) is 0 Å². The van der Waals surface area contributed by atoms with Crippen LogP contribution in [0.5, 0.6) is 11.5 Å². The minimum Gasteiger partial charge on any atom is -0.508 e. The van der Waals surface area contributed by atoms with E-state index in [1.807, 2.05) is 0 Å². The minimum atomic E-state index is -5.36. The van der Waals surface area contributed by atoms with Crippen LogP contribution in [0.1, 0.15) is 40.7 Å². The molecule has 3 aliphatic heterocycles. The molecule has 6 atom stereocenters. The number of amides is 4. The molecule has 6 unspecified atom stereocenters. The smallest absolute Gasteiger partial charge is 0.416 e. The number of rotatable bonds is 3. The van der Waals surface area contributed by atoms with Gasteiger partial charge in [0.25, 0.3) is 0 Å². The third-order valence-corrected chi connectivity index (χ3v) is 11.5. The summed E-state index contributed by atoms with van der Waals surface area (Å²) in [6, 6.07) is 4.42. The van der Waals surface area contributed by atoms with Crippen LogP contribution in [-0.2, 0) is 50.3 Å². The molecule has 2 aliphatic carbocycles. The van der Waals surface area contributed by atoms with Gasteiger partial charge in [0.15, 0.2) is 0 Å². The van der Waals surface area contributed by atoms with Crippen molar-refractivity contribution in [2.24, 2.45) is 35.5 Å². The molecule has 5 aliphatic rings. The van der Waals surface area contributed by atoms with Gasteiger partial charge in [-0.15, -0.1) is 0 Å². The topological polar surface area (TPSA) is 104 Å². The Bertz CT molecular complexity index is 2350. The molecule has 3 fully saturated rings. The van der Waals surface area contributed by atoms with Gasteiger partial charge < -0.3 is 9.84 Å². The molecule has 8 nitrogen and oxygen atoms in total. The fraction of sp³-hybridized carbons (Fsp3) is 0.333. The van der Waals surface area contributed by atoms with Crippen molar-refractivity contribution in [1.82, 2.24) is 0 Å². The van der Waals surface area contributed by atoms with E-state index in [-0.39, 0.29) is 81.7 Å². The summed E-state index contributed by atoms with van der Waals surface area (Å²) in [5.41, 5.74) is -8.62. The lowest BCUT2D eigenvalue weighted by molar-refractivity contribution is -0.144. The van der Waals surface area contributed by atoms with Gasteiger partial charge in [-0.05, 0) is 78.9 Å². The van der Waals surface area contributed by atoms with Crippen LogP contribution in [0.15, 0.2) is 78.1 Å². The first kappa shape index (κ1) is 40.0. The number of fused-ring (bicyclic) bond motifs is 5. The van der Waals surface area contributed by atoms with Crippen LogP contribution < -0.4 is 14.5 Å². The Labute approximate surface area is 323 Å². The molecule has 59 heavy (non-hydrogen) atoms. The Balaban J connectivity index is 1.24. The van der Waals surface area contributed by atoms with Crippen LogP contribution in [0.3, 0.4) is 0 Å². The summed E-state index contributed by atoms with van der Waals surface area (Å²) in [6.07, 6.45) is -19.8. The van der Waals surface area contributed by atoms with Crippen LogP contribution in [0.4, 0.5) is 64.1 Å². The van der Waals surface area contributed by atoms with E-state index in [0.29, 0.717) is 5.56 Å². The van der Waals surface area contributed by atoms with Crippen LogP contribution in [0.25, 0.3) is 0 Å². The second-order valence-corrected chi connectivity index (χ2v) is 14.9. The Hall–Kier alpha value is -5.82. The number of nitrogens with zero attached hydrogens (tertiary/aromatic N) is 2. The molecule has 3 heterocycles. The molecule has 20 heteroatoms. The molecule has 8 rings (SSSR count). The highest BCUT2D eigenvalue weighted by Gasteiger charge is 2.63. The van der Waals surface area contributed by atoms with Gasteiger partial charge in [-0.25, -0.2) is 9.80 Å². The standard InChI is InChI=1S/C39H24F12N2O6/c40-36(41,42)17-7-18(37(43,44)45)10-21(9-17)52-32(55)25-3-2-24-26(30(25)34(52)57)13-27-31(29(24)16-5-15-6-23(54)1-4-28(15)59-14-16)35(58)53(33(27)56)22-11-19(38(46,47)48)8-20(12-22)39(49,50)51/h1-2,4,6-12,14,25-27,29-31,54H,3,5,13H2. The Kier molecular flexibility index (Phi) is 8.87. The number of phenols is 1. The van der Waals surface area contributed by atoms with Gasteiger partial charge in [0.2, 0.25) is 23.6 Å². The average molecular weight is 845 g/mol. The number of halogens is 12. The molecule has 0 aromatic heterocycles. The number of anilines is 2. The number of imide groups is 2. The summed E-state index contributed by atoms with van der Waals surface area (Å²) < 4.78 is 172. The molecule has 310 valence electrons. The van der Waals surface area contributed by atoms with Gasteiger partial charge in [0, 0.05) is 17.9 Å². The van der Waals surface area contributed by atoms with E-state index in [4.69, 9.17) is 4.74 Å². The van der Waals surface area contributed by atoms with Crippen molar-refractivity contribution in [3.8, 4) is 11.5 Å². The first-order valence-corrected chi connectivity index (χ1v) is 17.6. The number of benzene rings is 3. The van der Waals surface area contributed by atoms with Crippen molar-refractivity contribution in [2.45, 2.75) is 44.0 Å². The molecule has 0 spiro atoms. The Morgan fingerprint density at radius 2 is 1.05 bits per heavy atom. The molecule has 3 aromatic carbocycles. The zero-order valence-electron chi connectivity index (χ0n) is 29.4. The van der Waals surface area contributed by atoms with Crippen LogP contribution in [0.2, 0.25) is 0 Å². The molecule has 4 amide bonds. The summed E-state index contributed by atoms with van der Waals surface area (Å²) in [6.45, 7) is 0. The van der Waals surface area contributed by atoms with Gasteiger partial charge in [0.1, 0.15) is 11.5 Å². The van der Waals surface area contributed by atoms with E-state index in [0.717, 1.165) is 0 Å². The van der Waals surface area contributed by atoms with Crippen molar-refractivity contribution in [3.05, 3.63) is 106 Å². The van der Waals surface area contributed by atoms with Crippen LogP contribution in [-0.4, -0.2) is 28.7 Å². The number of allylic oxidation sites excluding steroid dienone is 3. The number of carbonyl (C=O) groups is 4. The predicted molar refractivity (Wildman–Crippen MR) is 177 cm³/mol. The third-order valence-electron chi connectivity index (χ3n) is 11.5. The van der Waals surface area contributed by atoms with Crippen LogP contribution >= 0.6 is 0 Å². The van der Waals surface area contributed by atoms with E-state index >= 15 is 0 Å². The molecule has 2 saturated heterocycles. The molecule has 3 aromatic rings. The van der Waals surface area contributed by atoms with Crippen molar-refractivity contribution in [2.75, 3.05) is 9.80 Å². The fourth-order valence-corrected chi connectivity index (χ4v) is 9.06. The normalized spacial score (nSPS) is 25.9. The lowest BCUT2D eigenvalue weighted by atomic mass is 9.56. The number of hydrogen-bond acceptors (Lipinski definition) is 6. The van der Waals surface area contributed by atoms with Gasteiger partial charge >= 0.3 is 24.7 Å². The summed E-state index contributed by atoms with van der Waals surface area (Å²) in [4.78, 5) is 57.2. The maximum absolute atomic E-state index is 14.4. The van der Waals surface area contributed by atoms with Gasteiger partial charge in [-0.2, -0.15) is 52.7 Å². The van der Waals surface area contributed by atoms with E-state index < -0.39 is 124 Å². The summed E-state index contributed by atoms with van der Waals surface area (Å²) in [7, 11) is 0. The Morgan fingerprint density at radius 1 is 0.576 bits per heavy atom. The first-order valence-electron chi connectivity index (χ1n) is 17.6. The van der Waals surface area contributed by atoms with Gasteiger partial charge in [-0.3, -0.25) is 19.2 Å². The van der Waals surface area contributed by atoms with Crippen LogP contribution in [0, 0.1) is 35.5 Å². The molecule has 1 N–H and O–H groups in total. The largest absolute Gasteiger partial charge is 0.508 e. The molecular formula is C39H24F12N2O6. The van der Waals surface area contributed by atoms with E-state index in [2.05, 4.69) is 0 Å². The highest BCUT2D eigenvalue weighted by molar-refractivity contribution is 6.24. The quantitative estimate of drug-likeness (QED) is 0.161. The van der Waals surface area contributed by atoms with Crippen molar-refractivity contribution in [1.29, 1.82) is 0 Å². The summed E-state index contributed by atoms with van der Waals surface area (Å²) >= 11 is 0. The number of hydrogen-bond donors (Lipinski definition) is 1. The molecule has 0 radical (unpaired) electrons. The summed E-state index contributed by atoms with van der Waals surface area (Å²) in [5, 5.41) is 10.2. The molecular weight excluding hydrogens is 820 g/mol. The number of phenolic OH excluding ortho intramolecular Hbond substituents is 1. The summed E-state index contributed by atoms with van der Waals surface area (Å²) in [5.74, 6) is -13.4. The third kappa shape index (κ3) is 6.59. The van der Waals surface area contributed by atoms with Crippen molar-refractivity contribution in [3.63, 3.8) is 0 Å². The highest BCUT2D eigenvalue weighted by atomic mass is 19.4. The lowest BCUT2D eigenvalue weighted by Gasteiger charge is -2.45. The van der Waals surface area contributed by atoms with Gasteiger partial charge in [0.05, 0.1) is 63.6 Å². The first-order chi connectivity index (χ1) is 27.3. The van der Waals surface area contributed by atoms with Gasteiger partial charge in [-0.1, -0.05) is 11.6 Å². The minimum absolute atomic E-state index is 0.109.